The Hall–Kier alpha value is -1.95. The molecule has 108 valence electrons. The molecule has 0 fully saturated rings. The summed E-state index contributed by atoms with van der Waals surface area (Å²) >= 11 is 0. The van der Waals surface area contributed by atoms with Crippen molar-refractivity contribution in [3.05, 3.63) is 29.6 Å². The molecule has 0 saturated carbocycles. The van der Waals surface area contributed by atoms with E-state index in [1.165, 1.54) is 6.20 Å². The van der Waals surface area contributed by atoms with E-state index in [2.05, 4.69) is 22.1 Å². The molecule has 0 unspecified atom stereocenters. The molecule has 0 spiro atoms. The number of rotatable bonds is 5. The molecule has 1 heterocycles. The van der Waals surface area contributed by atoms with Gasteiger partial charge >= 0.3 is 0 Å². The van der Waals surface area contributed by atoms with Crippen molar-refractivity contribution in [1.29, 1.82) is 0 Å². The molecule has 0 aliphatic carbocycles. The second-order valence-electron chi connectivity index (χ2n) is 3.88. The van der Waals surface area contributed by atoms with Crippen LogP contribution in [0.1, 0.15) is 22.5 Å². The fraction of sp³-hybridized carbons (Fsp3) is 0.333. The number of primary sulfonamides is 1. The third kappa shape index (κ3) is 5.79. The predicted octanol–water partition coefficient (Wildman–Crippen LogP) is -1.20. The van der Waals surface area contributed by atoms with Crippen LogP contribution in [0.4, 0.5) is 0 Å². The van der Waals surface area contributed by atoms with Crippen molar-refractivity contribution in [2.75, 3.05) is 18.8 Å². The molecule has 1 aromatic rings. The van der Waals surface area contributed by atoms with Crippen molar-refractivity contribution < 1.29 is 13.2 Å². The Balaban J connectivity index is 2.64. The normalized spacial score (nSPS) is 10.5. The molecular formula is C12H16N4O3S. The Kier molecular flexibility index (Phi) is 6.11. The van der Waals surface area contributed by atoms with Crippen LogP contribution < -0.4 is 16.2 Å². The maximum Gasteiger partial charge on any atom is 0.271 e. The topological polar surface area (TPSA) is 128 Å². The zero-order valence-corrected chi connectivity index (χ0v) is 11.6. The summed E-state index contributed by atoms with van der Waals surface area (Å²) < 4.78 is 21.5. The molecule has 0 atom stereocenters. The van der Waals surface area contributed by atoms with Crippen LogP contribution in [0.5, 0.6) is 0 Å². The number of sulfonamides is 1. The van der Waals surface area contributed by atoms with Gasteiger partial charge in [0, 0.05) is 12.7 Å². The van der Waals surface area contributed by atoms with Crippen LogP contribution in [-0.2, 0) is 10.0 Å². The van der Waals surface area contributed by atoms with Crippen LogP contribution in [-0.4, -0.2) is 38.2 Å². The zero-order chi connectivity index (χ0) is 15.0. The van der Waals surface area contributed by atoms with Crippen LogP contribution >= 0.6 is 0 Å². The minimum Gasteiger partial charge on any atom is -0.351 e. The number of aromatic nitrogens is 1. The summed E-state index contributed by atoms with van der Waals surface area (Å²) in [6, 6.07) is 3.33. The van der Waals surface area contributed by atoms with E-state index in [-0.39, 0.29) is 31.0 Å². The summed E-state index contributed by atoms with van der Waals surface area (Å²) in [5.74, 6) is 4.80. The molecule has 0 bridgehead atoms. The lowest BCUT2D eigenvalue weighted by Gasteiger charge is -2.05. The van der Waals surface area contributed by atoms with Crippen LogP contribution in [0.25, 0.3) is 0 Å². The molecule has 1 amide bonds. The molecule has 1 aromatic heterocycles. The summed E-state index contributed by atoms with van der Waals surface area (Å²) in [5.41, 5.74) is 5.94. The number of carbonyl (C=O) groups is 1. The Morgan fingerprint density at radius 3 is 2.85 bits per heavy atom. The second kappa shape index (κ2) is 7.59. The van der Waals surface area contributed by atoms with Crippen LogP contribution in [0.2, 0.25) is 0 Å². The van der Waals surface area contributed by atoms with Crippen molar-refractivity contribution in [3.63, 3.8) is 0 Å². The first-order valence-electron chi connectivity index (χ1n) is 5.86. The van der Waals surface area contributed by atoms with Crippen molar-refractivity contribution in [3.8, 4) is 11.8 Å². The number of amides is 1. The van der Waals surface area contributed by atoms with Crippen LogP contribution in [0.3, 0.4) is 0 Å². The highest BCUT2D eigenvalue weighted by Gasteiger charge is 2.11. The van der Waals surface area contributed by atoms with Gasteiger partial charge in [0.25, 0.3) is 5.91 Å². The van der Waals surface area contributed by atoms with Crippen molar-refractivity contribution in [2.45, 2.75) is 6.42 Å². The molecule has 7 nitrogen and oxygen atoms in total. The standard InChI is InChI=1S/C12H16N4O3S/c13-6-1-4-10-5-2-7-15-11(10)12(17)16-8-3-9-20(14,18)19/h2,5,7H,3,6,8-9,13H2,(H,16,17)(H2,14,18,19). The lowest BCUT2D eigenvalue weighted by Crippen LogP contribution is -2.28. The van der Waals surface area contributed by atoms with Gasteiger partial charge in [-0.1, -0.05) is 11.8 Å². The van der Waals surface area contributed by atoms with Gasteiger partial charge in [0.15, 0.2) is 0 Å². The van der Waals surface area contributed by atoms with E-state index < -0.39 is 15.9 Å². The number of nitrogens with zero attached hydrogens (tertiary/aromatic N) is 1. The van der Waals surface area contributed by atoms with E-state index in [9.17, 15) is 13.2 Å². The summed E-state index contributed by atoms with van der Waals surface area (Å²) in [4.78, 5) is 15.9. The lowest BCUT2D eigenvalue weighted by atomic mass is 10.2. The molecule has 8 heteroatoms. The first-order chi connectivity index (χ1) is 9.44. The number of hydrogen-bond donors (Lipinski definition) is 3. The predicted molar refractivity (Wildman–Crippen MR) is 75.1 cm³/mol. The minimum atomic E-state index is -3.51. The van der Waals surface area contributed by atoms with Gasteiger partial charge in [-0.2, -0.15) is 0 Å². The molecule has 5 N–H and O–H groups in total. The SMILES string of the molecule is NCC#Cc1cccnc1C(=O)NCCCS(N)(=O)=O. The molecule has 0 aliphatic heterocycles. The van der Waals surface area contributed by atoms with E-state index in [0.717, 1.165) is 0 Å². The van der Waals surface area contributed by atoms with E-state index in [1.54, 1.807) is 12.1 Å². The van der Waals surface area contributed by atoms with Gasteiger partial charge in [0.2, 0.25) is 10.0 Å². The highest BCUT2D eigenvalue weighted by molar-refractivity contribution is 7.89. The second-order valence-corrected chi connectivity index (χ2v) is 5.62. The lowest BCUT2D eigenvalue weighted by molar-refractivity contribution is 0.0948. The van der Waals surface area contributed by atoms with E-state index in [4.69, 9.17) is 10.9 Å². The molecular weight excluding hydrogens is 280 g/mol. The fourth-order valence-electron chi connectivity index (χ4n) is 1.39. The monoisotopic (exact) mass is 296 g/mol. The Labute approximate surface area is 117 Å². The number of carbonyl (C=O) groups excluding carboxylic acids is 1. The molecule has 0 aliphatic rings. The largest absolute Gasteiger partial charge is 0.351 e. The first-order valence-corrected chi connectivity index (χ1v) is 7.58. The van der Waals surface area contributed by atoms with Gasteiger partial charge < -0.3 is 11.1 Å². The third-order valence-electron chi connectivity index (χ3n) is 2.24. The number of nitrogens with one attached hydrogen (secondary N) is 1. The summed E-state index contributed by atoms with van der Waals surface area (Å²) in [6.45, 7) is 0.375. The van der Waals surface area contributed by atoms with Crippen molar-refractivity contribution in [2.24, 2.45) is 10.9 Å². The Morgan fingerprint density at radius 2 is 2.20 bits per heavy atom. The van der Waals surface area contributed by atoms with Gasteiger partial charge in [-0.25, -0.2) is 18.5 Å². The van der Waals surface area contributed by atoms with E-state index in [1.807, 2.05) is 0 Å². The first kappa shape index (κ1) is 16.1. The average molecular weight is 296 g/mol. The summed E-state index contributed by atoms with van der Waals surface area (Å²) in [6.07, 6.45) is 1.72. The van der Waals surface area contributed by atoms with Gasteiger partial charge in [0.05, 0.1) is 17.9 Å². The van der Waals surface area contributed by atoms with Gasteiger partial charge in [0.1, 0.15) is 5.69 Å². The number of hydrogen-bond acceptors (Lipinski definition) is 5. The Bertz CT molecular complexity index is 632. The minimum absolute atomic E-state index is 0.184. The highest BCUT2D eigenvalue weighted by Crippen LogP contribution is 2.03. The molecule has 1 rings (SSSR count). The van der Waals surface area contributed by atoms with Gasteiger partial charge in [-0.3, -0.25) is 4.79 Å². The zero-order valence-electron chi connectivity index (χ0n) is 10.8. The molecule has 0 radical (unpaired) electrons. The van der Waals surface area contributed by atoms with Crippen LogP contribution in [0.15, 0.2) is 18.3 Å². The smallest absolute Gasteiger partial charge is 0.271 e. The van der Waals surface area contributed by atoms with Crippen molar-refractivity contribution in [1.82, 2.24) is 10.3 Å². The quantitative estimate of drug-likeness (QED) is 0.464. The fourth-order valence-corrected chi connectivity index (χ4v) is 1.94. The molecule has 0 saturated heterocycles. The Morgan fingerprint density at radius 1 is 1.45 bits per heavy atom. The van der Waals surface area contributed by atoms with Gasteiger partial charge in [-0.15, -0.1) is 0 Å². The van der Waals surface area contributed by atoms with Crippen molar-refractivity contribution >= 4 is 15.9 Å². The van der Waals surface area contributed by atoms with E-state index in [0.29, 0.717) is 5.56 Å². The van der Waals surface area contributed by atoms with E-state index >= 15 is 0 Å². The average Bonchev–Trinajstić information content (AvgIpc) is 2.40. The maximum atomic E-state index is 11.9. The number of nitrogens with two attached hydrogens (primary N) is 2. The summed E-state index contributed by atoms with van der Waals surface area (Å²) in [7, 11) is -3.51. The highest BCUT2D eigenvalue weighted by atomic mass is 32.2. The third-order valence-corrected chi connectivity index (χ3v) is 3.10. The number of pyridine rings is 1. The molecule has 0 aromatic carbocycles. The maximum absolute atomic E-state index is 11.9. The summed E-state index contributed by atoms with van der Waals surface area (Å²) in [5, 5.41) is 7.43. The van der Waals surface area contributed by atoms with Gasteiger partial charge in [-0.05, 0) is 18.6 Å². The molecule has 20 heavy (non-hydrogen) atoms. The van der Waals surface area contributed by atoms with Crippen LogP contribution in [0, 0.1) is 11.8 Å².